The van der Waals surface area contributed by atoms with Crippen molar-refractivity contribution in [1.82, 2.24) is 20.4 Å². The Kier molecular flexibility index (Phi) is 5.35. The molecule has 0 unspecified atom stereocenters. The van der Waals surface area contributed by atoms with E-state index in [4.69, 9.17) is 0 Å². The molecule has 0 bridgehead atoms. The van der Waals surface area contributed by atoms with Gasteiger partial charge in [-0.3, -0.25) is 4.90 Å². The summed E-state index contributed by atoms with van der Waals surface area (Å²) >= 11 is 0. The Morgan fingerprint density at radius 2 is 1.86 bits per heavy atom. The number of piperazine rings is 1. The highest BCUT2D eigenvalue weighted by Gasteiger charge is 2.32. The first-order valence-corrected chi connectivity index (χ1v) is 7.05. The van der Waals surface area contributed by atoms with E-state index in [1.54, 1.807) is 0 Å². The lowest BCUT2D eigenvalue weighted by Gasteiger charge is -2.35. The molecule has 5 nitrogen and oxygen atoms in total. The second kappa shape index (κ2) is 7.04. The third kappa shape index (κ3) is 5.13. The number of hydrogen-bond acceptors (Lipinski definition) is 5. The molecule has 1 aliphatic heterocycles. The van der Waals surface area contributed by atoms with E-state index in [-0.39, 0.29) is 0 Å². The highest BCUT2D eigenvalue weighted by molar-refractivity contribution is 5.37. The van der Waals surface area contributed by atoms with E-state index in [1.165, 1.54) is 4.90 Å². The maximum absolute atomic E-state index is 12.3. The predicted molar refractivity (Wildman–Crippen MR) is 74.1 cm³/mol. The second-order valence-electron chi connectivity index (χ2n) is 5.04. The Bertz CT molecular complexity index is 426. The lowest BCUT2D eigenvalue weighted by Crippen LogP contribution is -2.49. The molecule has 0 spiro atoms. The molecule has 118 valence electrons. The zero-order valence-corrected chi connectivity index (χ0v) is 12.0. The van der Waals surface area contributed by atoms with Crippen LogP contribution in [-0.2, 0) is 6.54 Å². The molecule has 0 amide bonds. The maximum atomic E-state index is 12.3. The summed E-state index contributed by atoms with van der Waals surface area (Å²) in [7, 11) is 0. The zero-order chi connectivity index (χ0) is 15.3. The fourth-order valence-corrected chi connectivity index (χ4v) is 2.26. The van der Waals surface area contributed by atoms with Crippen LogP contribution in [0.3, 0.4) is 0 Å². The van der Waals surface area contributed by atoms with Crippen molar-refractivity contribution in [3.63, 3.8) is 0 Å². The number of hydrogen-bond donors (Lipinski definition) is 1. The number of halogens is 3. The Morgan fingerprint density at radius 3 is 2.38 bits per heavy atom. The average molecular weight is 303 g/mol. The second-order valence-corrected chi connectivity index (χ2v) is 5.04. The normalized spacial score (nSPS) is 17.2. The van der Waals surface area contributed by atoms with Crippen molar-refractivity contribution >= 4 is 5.82 Å². The van der Waals surface area contributed by atoms with Crippen LogP contribution in [0, 0.1) is 0 Å². The minimum atomic E-state index is -4.13. The van der Waals surface area contributed by atoms with Crippen LogP contribution in [0.4, 0.5) is 19.0 Å². The molecule has 0 saturated carbocycles. The summed E-state index contributed by atoms with van der Waals surface area (Å²) in [6.45, 7) is 4.57. The van der Waals surface area contributed by atoms with Gasteiger partial charge in [-0.15, -0.1) is 5.10 Å². The molecule has 21 heavy (non-hydrogen) atoms. The van der Waals surface area contributed by atoms with Gasteiger partial charge < -0.3 is 10.2 Å². The number of alkyl halides is 3. The van der Waals surface area contributed by atoms with Crippen molar-refractivity contribution < 1.29 is 13.2 Å². The predicted octanol–water partition coefficient (Wildman–Crippen LogP) is 1.27. The van der Waals surface area contributed by atoms with Crippen LogP contribution in [0.15, 0.2) is 12.1 Å². The Labute approximate surface area is 122 Å². The Morgan fingerprint density at radius 1 is 1.14 bits per heavy atom. The number of rotatable bonds is 5. The summed E-state index contributed by atoms with van der Waals surface area (Å²) in [5, 5.41) is 11.4. The Balaban J connectivity index is 1.84. The SMILES string of the molecule is CCNCc1ccc(N2CCN(CC(F)(F)F)CC2)nn1. The van der Waals surface area contributed by atoms with E-state index in [0.717, 1.165) is 18.1 Å². The smallest absolute Gasteiger partial charge is 0.353 e. The van der Waals surface area contributed by atoms with E-state index < -0.39 is 12.7 Å². The molecule has 1 fully saturated rings. The van der Waals surface area contributed by atoms with Crippen LogP contribution in [0.5, 0.6) is 0 Å². The molecular weight excluding hydrogens is 283 g/mol. The molecule has 0 aliphatic carbocycles. The van der Waals surface area contributed by atoms with E-state index in [0.29, 0.717) is 32.7 Å². The molecule has 1 aliphatic rings. The van der Waals surface area contributed by atoms with Crippen molar-refractivity contribution in [3.8, 4) is 0 Å². The van der Waals surface area contributed by atoms with Gasteiger partial charge >= 0.3 is 6.18 Å². The number of nitrogens with one attached hydrogen (secondary N) is 1. The highest BCUT2D eigenvalue weighted by Crippen LogP contribution is 2.19. The number of anilines is 1. The van der Waals surface area contributed by atoms with Gasteiger partial charge in [0, 0.05) is 32.7 Å². The van der Waals surface area contributed by atoms with Crippen LogP contribution >= 0.6 is 0 Å². The fraction of sp³-hybridized carbons (Fsp3) is 0.692. The summed E-state index contributed by atoms with van der Waals surface area (Å²) in [6, 6.07) is 3.77. The van der Waals surface area contributed by atoms with Crippen LogP contribution in [-0.4, -0.2) is 60.5 Å². The lowest BCUT2D eigenvalue weighted by molar-refractivity contribution is -0.146. The van der Waals surface area contributed by atoms with E-state index in [1.807, 2.05) is 24.0 Å². The molecule has 1 N–H and O–H groups in total. The third-order valence-corrected chi connectivity index (χ3v) is 3.36. The van der Waals surface area contributed by atoms with Crippen LogP contribution in [0.1, 0.15) is 12.6 Å². The minimum Gasteiger partial charge on any atom is -0.353 e. The minimum absolute atomic E-state index is 0.389. The molecule has 1 saturated heterocycles. The molecule has 0 radical (unpaired) electrons. The molecule has 2 heterocycles. The van der Waals surface area contributed by atoms with Crippen LogP contribution in [0.2, 0.25) is 0 Å². The first-order valence-electron chi connectivity index (χ1n) is 7.05. The fourth-order valence-electron chi connectivity index (χ4n) is 2.26. The van der Waals surface area contributed by atoms with Gasteiger partial charge in [0.1, 0.15) is 0 Å². The third-order valence-electron chi connectivity index (χ3n) is 3.36. The standard InChI is InChI=1S/C13H20F3N5/c1-2-17-9-11-3-4-12(19-18-11)21-7-5-20(6-8-21)10-13(14,15)16/h3-4,17H,2,5-10H2,1H3. The first-order chi connectivity index (χ1) is 9.98. The summed E-state index contributed by atoms with van der Waals surface area (Å²) < 4.78 is 37.0. The molecule has 1 aromatic rings. The van der Waals surface area contributed by atoms with Crippen molar-refractivity contribution in [2.24, 2.45) is 0 Å². The van der Waals surface area contributed by atoms with Gasteiger partial charge in [-0.25, -0.2) is 0 Å². The van der Waals surface area contributed by atoms with Crippen LogP contribution in [0.25, 0.3) is 0 Å². The zero-order valence-electron chi connectivity index (χ0n) is 12.0. The van der Waals surface area contributed by atoms with Gasteiger partial charge in [0.15, 0.2) is 5.82 Å². The summed E-state index contributed by atoms with van der Waals surface area (Å²) in [6.07, 6.45) is -4.13. The maximum Gasteiger partial charge on any atom is 0.401 e. The van der Waals surface area contributed by atoms with Crippen LogP contribution < -0.4 is 10.2 Å². The van der Waals surface area contributed by atoms with Gasteiger partial charge in [0.2, 0.25) is 0 Å². The van der Waals surface area contributed by atoms with Crippen molar-refractivity contribution in [1.29, 1.82) is 0 Å². The Hall–Kier alpha value is -1.41. The number of nitrogens with zero attached hydrogens (tertiary/aromatic N) is 4. The van der Waals surface area contributed by atoms with E-state index in [2.05, 4.69) is 15.5 Å². The van der Waals surface area contributed by atoms with E-state index in [9.17, 15) is 13.2 Å². The van der Waals surface area contributed by atoms with Crippen molar-refractivity contribution in [2.45, 2.75) is 19.6 Å². The molecule has 2 rings (SSSR count). The quantitative estimate of drug-likeness (QED) is 0.887. The molecule has 1 aromatic heterocycles. The first kappa shape index (κ1) is 16.0. The molecule has 8 heteroatoms. The highest BCUT2D eigenvalue weighted by atomic mass is 19.4. The van der Waals surface area contributed by atoms with Gasteiger partial charge in [-0.2, -0.15) is 18.3 Å². The summed E-state index contributed by atoms with van der Waals surface area (Å²) in [5.41, 5.74) is 0.858. The van der Waals surface area contributed by atoms with Gasteiger partial charge in [-0.05, 0) is 18.7 Å². The average Bonchev–Trinajstić information content (AvgIpc) is 2.45. The molecular formula is C13H20F3N5. The van der Waals surface area contributed by atoms with Gasteiger partial charge in [0.05, 0.1) is 12.2 Å². The number of aromatic nitrogens is 2. The van der Waals surface area contributed by atoms with Gasteiger partial charge in [-0.1, -0.05) is 6.92 Å². The largest absolute Gasteiger partial charge is 0.401 e. The van der Waals surface area contributed by atoms with Gasteiger partial charge in [0.25, 0.3) is 0 Å². The molecule has 0 aromatic carbocycles. The summed E-state index contributed by atoms with van der Waals surface area (Å²) in [4.78, 5) is 3.39. The van der Waals surface area contributed by atoms with Crippen molar-refractivity contribution in [3.05, 3.63) is 17.8 Å². The van der Waals surface area contributed by atoms with Crippen molar-refractivity contribution in [2.75, 3.05) is 44.2 Å². The summed E-state index contributed by atoms with van der Waals surface area (Å²) in [5.74, 6) is 0.724. The molecule has 0 atom stereocenters. The van der Waals surface area contributed by atoms with E-state index >= 15 is 0 Å². The topological polar surface area (TPSA) is 44.3 Å². The lowest BCUT2D eigenvalue weighted by atomic mass is 10.3. The monoisotopic (exact) mass is 303 g/mol.